The minimum Gasteiger partial charge on any atom is -0.378 e. The molecule has 3 atom stereocenters. The highest BCUT2D eigenvalue weighted by molar-refractivity contribution is 7.13. The highest BCUT2D eigenvalue weighted by Gasteiger charge is 2.38. The lowest BCUT2D eigenvalue weighted by Crippen LogP contribution is -2.47. The first kappa shape index (κ1) is 14.6. The normalized spacial score (nSPS) is 26.7. The number of aromatic amines is 1. The zero-order valence-electron chi connectivity index (χ0n) is 12.6. The van der Waals surface area contributed by atoms with Crippen molar-refractivity contribution in [3.05, 3.63) is 17.8 Å². The van der Waals surface area contributed by atoms with E-state index < -0.39 is 0 Å². The van der Waals surface area contributed by atoms with E-state index in [2.05, 4.69) is 25.8 Å². The van der Waals surface area contributed by atoms with Crippen molar-refractivity contribution in [2.24, 2.45) is 5.92 Å². The van der Waals surface area contributed by atoms with Gasteiger partial charge in [-0.1, -0.05) is 0 Å². The Hall–Kier alpha value is -1.93. The van der Waals surface area contributed by atoms with Crippen molar-refractivity contribution < 1.29 is 9.53 Å². The molecule has 23 heavy (non-hydrogen) atoms. The lowest BCUT2D eigenvalue weighted by atomic mass is 9.82. The molecule has 0 aromatic carbocycles. The molecule has 7 nitrogen and oxygen atoms in total. The third-order valence-corrected chi connectivity index (χ3v) is 5.42. The molecular formula is C15H19N5O2S. The molecule has 1 saturated heterocycles. The van der Waals surface area contributed by atoms with Crippen LogP contribution in [0.15, 0.2) is 17.8 Å². The molecule has 0 spiro atoms. The van der Waals surface area contributed by atoms with E-state index in [1.165, 1.54) is 11.3 Å². The zero-order chi connectivity index (χ0) is 15.6. The molecule has 2 amide bonds. The van der Waals surface area contributed by atoms with Crippen molar-refractivity contribution >= 4 is 23.1 Å². The number of carbonyl (C=O) groups excluding carboxylic acids is 1. The Bertz CT molecular complexity index is 671. The number of nitrogens with zero attached hydrogens (tertiary/aromatic N) is 2. The van der Waals surface area contributed by atoms with Crippen LogP contribution in [0, 0.1) is 5.92 Å². The summed E-state index contributed by atoms with van der Waals surface area (Å²) in [6.07, 6.45) is 7.91. The van der Waals surface area contributed by atoms with E-state index in [1.54, 1.807) is 12.4 Å². The third-order valence-electron chi connectivity index (χ3n) is 4.63. The summed E-state index contributed by atoms with van der Waals surface area (Å²) in [6, 6.07) is -0.00628. The number of thiazole rings is 1. The second kappa shape index (κ2) is 6.29. The van der Waals surface area contributed by atoms with Crippen LogP contribution in [0.5, 0.6) is 0 Å². The Labute approximate surface area is 137 Å². The van der Waals surface area contributed by atoms with Gasteiger partial charge in [0.15, 0.2) is 0 Å². The Kier molecular flexibility index (Phi) is 4.00. The van der Waals surface area contributed by atoms with Gasteiger partial charge in [-0.05, 0) is 25.7 Å². The lowest BCUT2D eigenvalue weighted by molar-refractivity contribution is 0.0553. The summed E-state index contributed by atoms with van der Waals surface area (Å²) in [6.45, 7) is 0.811. The summed E-state index contributed by atoms with van der Waals surface area (Å²) in [5.41, 5.74) is 1.38. The van der Waals surface area contributed by atoms with Gasteiger partial charge < -0.3 is 15.4 Å². The van der Waals surface area contributed by atoms with Crippen LogP contribution < -0.4 is 10.6 Å². The Balaban J connectivity index is 1.42. The average molecular weight is 333 g/mol. The van der Waals surface area contributed by atoms with Crippen molar-refractivity contribution in [1.82, 2.24) is 20.5 Å². The first-order valence-corrected chi connectivity index (χ1v) is 8.81. The minimum absolute atomic E-state index is 0.187. The van der Waals surface area contributed by atoms with E-state index >= 15 is 0 Å². The van der Waals surface area contributed by atoms with Gasteiger partial charge in [0.25, 0.3) is 0 Å². The van der Waals surface area contributed by atoms with Crippen LogP contribution in [-0.4, -0.2) is 40.0 Å². The zero-order valence-corrected chi connectivity index (χ0v) is 13.4. The van der Waals surface area contributed by atoms with Gasteiger partial charge in [-0.3, -0.25) is 5.10 Å². The highest BCUT2D eigenvalue weighted by Crippen LogP contribution is 2.34. The van der Waals surface area contributed by atoms with Crippen LogP contribution in [0.3, 0.4) is 0 Å². The van der Waals surface area contributed by atoms with Crippen LogP contribution in [-0.2, 0) is 4.74 Å². The quantitative estimate of drug-likeness (QED) is 0.805. The predicted molar refractivity (Wildman–Crippen MR) is 87.3 cm³/mol. The lowest BCUT2D eigenvalue weighted by Gasteiger charge is -2.33. The predicted octanol–water partition coefficient (Wildman–Crippen LogP) is 2.61. The molecule has 3 heterocycles. The summed E-state index contributed by atoms with van der Waals surface area (Å²) >= 11 is 1.50. The molecule has 0 bridgehead atoms. The molecule has 8 heteroatoms. The van der Waals surface area contributed by atoms with Gasteiger partial charge in [0, 0.05) is 30.1 Å². The molecule has 3 N–H and O–H groups in total. The number of anilines is 1. The molecule has 2 aromatic heterocycles. The van der Waals surface area contributed by atoms with Gasteiger partial charge in [0.2, 0.25) is 0 Å². The molecule has 1 aliphatic heterocycles. The molecule has 3 unspecified atom stereocenters. The number of hydrogen-bond donors (Lipinski definition) is 3. The maximum Gasteiger partial charge on any atom is 0.319 e. The van der Waals surface area contributed by atoms with Gasteiger partial charge >= 0.3 is 6.03 Å². The largest absolute Gasteiger partial charge is 0.378 e. The van der Waals surface area contributed by atoms with Crippen LogP contribution >= 0.6 is 11.3 Å². The Morgan fingerprint density at radius 3 is 3.22 bits per heavy atom. The van der Waals surface area contributed by atoms with Gasteiger partial charge in [-0.2, -0.15) is 5.10 Å². The van der Waals surface area contributed by atoms with E-state index in [9.17, 15) is 4.79 Å². The molecule has 2 aliphatic rings. The second-order valence-corrected chi connectivity index (χ2v) is 6.89. The van der Waals surface area contributed by atoms with Gasteiger partial charge in [0.05, 0.1) is 18.0 Å². The van der Waals surface area contributed by atoms with Gasteiger partial charge in [-0.25, -0.2) is 9.78 Å². The first-order chi connectivity index (χ1) is 11.3. The monoisotopic (exact) mass is 333 g/mol. The van der Waals surface area contributed by atoms with Crippen molar-refractivity contribution in [1.29, 1.82) is 0 Å². The summed E-state index contributed by atoms with van der Waals surface area (Å²) in [5, 5.41) is 15.6. The smallest absolute Gasteiger partial charge is 0.319 e. The number of amides is 2. The number of ether oxygens (including phenoxy) is 1. The number of aromatic nitrogens is 3. The number of nitrogens with one attached hydrogen (secondary N) is 3. The summed E-state index contributed by atoms with van der Waals surface area (Å²) < 4.78 is 5.75. The summed E-state index contributed by atoms with van der Waals surface area (Å²) in [5.74, 6) is 0.442. The van der Waals surface area contributed by atoms with Crippen molar-refractivity contribution in [2.75, 3.05) is 11.9 Å². The number of hydrogen-bond acceptors (Lipinski definition) is 5. The van der Waals surface area contributed by atoms with Gasteiger partial charge in [-0.15, -0.1) is 11.3 Å². The molecule has 2 fully saturated rings. The fourth-order valence-corrected chi connectivity index (χ4v) is 4.22. The van der Waals surface area contributed by atoms with E-state index in [0.717, 1.165) is 43.0 Å². The van der Waals surface area contributed by atoms with E-state index in [1.807, 2.05) is 5.38 Å². The Morgan fingerprint density at radius 2 is 2.35 bits per heavy atom. The van der Waals surface area contributed by atoms with Crippen molar-refractivity contribution in [3.8, 4) is 10.7 Å². The number of fused-ring (bicyclic) bond motifs is 1. The topological polar surface area (TPSA) is 91.9 Å². The summed E-state index contributed by atoms with van der Waals surface area (Å²) in [7, 11) is 0. The second-order valence-electron chi connectivity index (χ2n) is 5.99. The standard InChI is InChI=1S/C15H19N5O2S/c21-15(18-10-2-1-3-12-9(10)4-6-22-12)19-11-8-17-20-13(11)14-16-5-7-23-14/h5,7-10,12H,1-4,6H2,(H,17,20)(H2,18,19,21). The SMILES string of the molecule is O=C(Nc1cn[nH]c1-c1nccs1)NC1CCCC2OCCC12. The first-order valence-electron chi connectivity index (χ1n) is 7.93. The minimum atomic E-state index is -0.193. The number of urea groups is 1. The van der Waals surface area contributed by atoms with E-state index in [4.69, 9.17) is 4.74 Å². The number of carbonyl (C=O) groups is 1. The van der Waals surface area contributed by atoms with Crippen molar-refractivity contribution in [2.45, 2.75) is 37.8 Å². The van der Waals surface area contributed by atoms with Crippen LogP contribution in [0.1, 0.15) is 25.7 Å². The maximum atomic E-state index is 12.4. The fourth-order valence-electron chi connectivity index (χ4n) is 3.57. The van der Waals surface area contributed by atoms with E-state index in [-0.39, 0.29) is 12.1 Å². The van der Waals surface area contributed by atoms with Gasteiger partial charge in [0.1, 0.15) is 10.7 Å². The number of rotatable bonds is 3. The molecule has 0 radical (unpaired) electrons. The molecular weight excluding hydrogens is 314 g/mol. The third kappa shape index (κ3) is 2.96. The maximum absolute atomic E-state index is 12.4. The van der Waals surface area contributed by atoms with Crippen LogP contribution in [0.4, 0.5) is 10.5 Å². The highest BCUT2D eigenvalue weighted by atomic mass is 32.1. The fraction of sp³-hybridized carbons (Fsp3) is 0.533. The molecule has 1 saturated carbocycles. The molecule has 4 rings (SSSR count). The molecule has 1 aliphatic carbocycles. The van der Waals surface area contributed by atoms with Crippen LogP contribution in [0.25, 0.3) is 10.7 Å². The number of H-pyrrole nitrogens is 1. The molecule has 122 valence electrons. The average Bonchev–Trinajstić information content (AvgIpc) is 3.28. The summed E-state index contributed by atoms with van der Waals surface area (Å²) in [4.78, 5) is 16.6. The van der Waals surface area contributed by atoms with Crippen LogP contribution in [0.2, 0.25) is 0 Å². The molecule has 2 aromatic rings. The van der Waals surface area contributed by atoms with E-state index in [0.29, 0.717) is 17.7 Å². The van der Waals surface area contributed by atoms with Crippen molar-refractivity contribution in [3.63, 3.8) is 0 Å². The Morgan fingerprint density at radius 1 is 1.39 bits per heavy atom.